The largest absolute Gasteiger partial charge is 0.293 e. The lowest BCUT2D eigenvalue weighted by Crippen LogP contribution is -2.21. The topological polar surface area (TPSA) is 102 Å². The van der Waals surface area contributed by atoms with E-state index in [-0.39, 0.29) is 11.4 Å². The molecule has 0 saturated carbocycles. The first-order valence-electron chi connectivity index (χ1n) is 5.45. The molecule has 8 nitrogen and oxygen atoms in total. The molecule has 0 saturated heterocycles. The van der Waals surface area contributed by atoms with Gasteiger partial charge in [-0.3, -0.25) is 25.7 Å². The van der Waals surface area contributed by atoms with E-state index in [0.717, 1.165) is 9.78 Å². The molecule has 0 bridgehead atoms. The second-order valence-corrected chi connectivity index (χ2v) is 6.64. The number of hydrogen-bond donors (Lipinski definition) is 1. The number of nitrogens with zero attached hydrogens (tertiary/aromatic N) is 3. The minimum atomic E-state index is -0.447. The Morgan fingerprint density at radius 3 is 2.33 bits per heavy atom. The van der Waals surface area contributed by atoms with Gasteiger partial charge in [0, 0.05) is 24.2 Å². The van der Waals surface area contributed by atoms with E-state index in [0.29, 0.717) is 5.00 Å². The van der Waals surface area contributed by atoms with Crippen molar-refractivity contribution in [2.45, 2.75) is 0 Å². The first-order chi connectivity index (χ1) is 10.0. The third kappa shape index (κ3) is 2.70. The molecule has 1 aliphatic heterocycles. The summed E-state index contributed by atoms with van der Waals surface area (Å²) in [7, 11) is 0. The summed E-state index contributed by atoms with van der Waals surface area (Å²) in [6, 6.07) is 2.98. The van der Waals surface area contributed by atoms with Crippen molar-refractivity contribution in [1.29, 1.82) is 0 Å². The van der Waals surface area contributed by atoms with Gasteiger partial charge in [0.05, 0.1) is 36.5 Å². The van der Waals surface area contributed by atoms with Crippen LogP contribution in [0.5, 0.6) is 0 Å². The van der Waals surface area contributed by atoms with E-state index in [9.17, 15) is 20.2 Å². The normalized spacial score (nSPS) is 13.9. The molecule has 0 aliphatic carbocycles. The van der Waals surface area contributed by atoms with E-state index in [2.05, 4.69) is 5.43 Å². The Morgan fingerprint density at radius 2 is 1.71 bits per heavy atom. The van der Waals surface area contributed by atoms with E-state index < -0.39 is 9.85 Å². The van der Waals surface area contributed by atoms with Crippen LogP contribution in [0.15, 0.2) is 29.1 Å². The van der Waals surface area contributed by atoms with Crippen LogP contribution in [-0.2, 0) is 0 Å². The van der Waals surface area contributed by atoms with Crippen LogP contribution in [0.1, 0.15) is 4.88 Å². The fourth-order valence-electron chi connectivity index (χ4n) is 1.56. The summed E-state index contributed by atoms with van der Waals surface area (Å²) in [6.45, 7) is 0. The van der Waals surface area contributed by atoms with Crippen LogP contribution in [0, 0.1) is 20.2 Å². The Hall–Kier alpha value is -2.11. The van der Waals surface area contributed by atoms with Gasteiger partial charge in [0.2, 0.25) is 0 Å². The Morgan fingerprint density at radius 1 is 1.05 bits per heavy atom. The molecule has 21 heavy (non-hydrogen) atoms. The molecule has 0 amide bonds. The molecule has 0 fully saturated rings. The third-order valence-electron chi connectivity index (χ3n) is 2.52. The van der Waals surface area contributed by atoms with Crippen molar-refractivity contribution in [3.8, 4) is 0 Å². The van der Waals surface area contributed by atoms with E-state index in [1.54, 1.807) is 10.6 Å². The molecule has 3 heterocycles. The predicted octanol–water partition coefficient (Wildman–Crippen LogP) is 3.60. The van der Waals surface area contributed by atoms with Crippen LogP contribution < -0.4 is 9.84 Å². The summed E-state index contributed by atoms with van der Waals surface area (Å²) in [5.41, 5.74) is 3.07. The summed E-state index contributed by atoms with van der Waals surface area (Å²) in [5, 5.41) is 25.0. The molecule has 11 heteroatoms. The number of nitro groups is 2. The standard InChI is InChI=1S/C10H6N4O4S3/c15-13(16)6-1-8(19-4-6)9-3-11-12(21-9)10-2-7(5-20-10)14(17)18/h1-5,11H. The fourth-order valence-corrected chi connectivity index (χ4v) is 4.26. The van der Waals surface area contributed by atoms with Crippen molar-refractivity contribution in [2.75, 3.05) is 4.41 Å². The Kier molecular flexibility index (Phi) is 3.53. The second-order valence-electron chi connectivity index (χ2n) is 3.85. The van der Waals surface area contributed by atoms with Gasteiger partial charge in [-0.1, -0.05) is 0 Å². The second kappa shape index (κ2) is 5.35. The van der Waals surface area contributed by atoms with Gasteiger partial charge in [-0.2, -0.15) is 0 Å². The van der Waals surface area contributed by atoms with Crippen LogP contribution in [0.25, 0.3) is 4.91 Å². The van der Waals surface area contributed by atoms with Crippen molar-refractivity contribution in [3.63, 3.8) is 0 Å². The zero-order valence-corrected chi connectivity index (χ0v) is 12.5. The molecule has 0 aromatic carbocycles. The Labute approximate surface area is 130 Å². The van der Waals surface area contributed by atoms with Crippen molar-refractivity contribution in [2.24, 2.45) is 0 Å². The molecule has 3 rings (SSSR count). The molecule has 2 aromatic rings. The van der Waals surface area contributed by atoms with E-state index in [4.69, 9.17) is 0 Å². The van der Waals surface area contributed by atoms with Crippen LogP contribution in [0.2, 0.25) is 0 Å². The number of anilines is 1. The number of hydrogen-bond acceptors (Lipinski definition) is 9. The molecular formula is C10H6N4O4S3. The van der Waals surface area contributed by atoms with Gasteiger partial charge in [0.15, 0.2) is 0 Å². The minimum Gasteiger partial charge on any atom is -0.293 e. The van der Waals surface area contributed by atoms with Crippen LogP contribution >= 0.6 is 34.6 Å². The van der Waals surface area contributed by atoms with E-state index in [1.807, 2.05) is 0 Å². The smallest absolute Gasteiger partial charge is 0.282 e. The van der Waals surface area contributed by atoms with E-state index >= 15 is 0 Å². The van der Waals surface area contributed by atoms with E-state index in [1.165, 1.54) is 57.5 Å². The molecule has 0 atom stereocenters. The first-order valence-corrected chi connectivity index (χ1v) is 7.98. The molecule has 1 N–H and O–H groups in total. The summed E-state index contributed by atoms with van der Waals surface area (Å²) in [6.07, 6.45) is 1.71. The Balaban J connectivity index is 1.74. The number of nitrogens with one attached hydrogen (secondary N) is 1. The van der Waals surface area contributed by atoms with Gasteiger partial charge in [0.25, 0.3) is 11.4 Å². The summed E-state index contributed by atoms with van der Waals surface area (Å²) in [4.78, 5) is 22.1. The monoisotopic (exact) mass is 342 g/mol. The van der Waals surface area contributed by atoms with Gasteiger partial charge in [-0.25, -0.2) is 4.41 Å². The molecule has 1 aliphatic rings. The summed E-state index contributed by atoms with van der Waals surface area (Å²) < 4.78 is 1.68. The lowest BCUT2D eigenvalue weighted by atomic mass is 10.4. The predicted molar refractivity (Wildman–Crippen MR) is 83.1 cm³/mol. The van der Waals surface area contributed by atoms with Crippen molar-refractivity contribution >= 4 is 55.9 Å². The summed E-state index contributed by atoms with van der Waals surface area (Å²) in [5.74, 6) is 0. The highest BCUT2D eigenvalue weighted by molar-refractivity contribution is 8.10. The lowest BCUT2D eigenvalue weighted by molar-refractivity contribution is -0.384. The van der Waals surface area contributed by atoms with Crippen molar-refractivity contribution in [3.05, 3.63) is 54.2 Å². The van der Waals surface area contributed by atoms with Crippen LogP contribution in [0.4, 0.5) is 16.4 Å². The maximum atomic E-state index is 10.7. The molecular weight excluding hydrogens is 336 g/mol. The van der Waals surface area contributed by atoms with Crippen LogP contribution in [-0.4, -0.2) is 9.85 Å². The van der Waals surface area contributed by atoms with Crippen molar-refractivity contribution in [1.82, 2.24) is 5.43 Å². The highest BCUT2D eigenvalue weighted by Crippen LogP contribution is 2.42. The van der Waals surface area contributed by atoms with Crippen molar-refractivity contribution < 1.29 is 9.85 Å². The van der Waals surface area contributed by atoms with Gasteiger partial charge in [-0.15, -0.1) is 22.7 Å². The summed E-state index contributed by atoms with van der Waals surface area (Å²) >= 11 is 3.85. The maximum Gasteiger partial charge on any atom is 0.282 e. The molecule has 2 aromatic heterocycles. The first kappa shape index (κ1) is 13.9. The highest BCUT2D eigenvalue weighted by atomic mass is 32.2. The molecule has 0 spiro atoms. The van der Waals surface area contributed by atoms with Gasteiger partial charge in [0.1, 0.15) is 5.00 Å². The molecule has 0 radical (unpaired) electrons. The number of rotatable bonds is 4. The number of thiophene rings is 2. The minimum absolute atomic E-state index is 0.0395. The highest BCUT2D eigenvalue weighted by Gasteiger charge is 2.23. The SMILES string of the molecule is O=[N+]([O-])c1csc(C2=CNN(c3cc([N+](=O)[O-])cs3)S2)c1. The maximum absolute atomic E-state index is 10.7. The van der Waals surface area contributed by atoms with Gasteiger partial charge in [-0.05, 0) is 0 Å². The zero-order chi connectivity index (χ0) is 15.0. The average Bonchev–Trinajstić information content (AvgIpc) is 3.18. The fraction of sp³-hybridized carbons (Fsp3) is 0. The molecule has 0 unspecified atom stereocenters. The average molecular weight is 342 g/mol. The quantitative estimate of drug-likeness (QED) is 0.514. The molecule has 108 valence electrons. The lowest BCUT2D eigenvalue weighted by Gasteiger charge is -2.13. The van der Waals surface area contributed by atoms with Gasteiger partial charge >= 0.3 is 0 Å². The zero-order valence-electron chi connectivity index (χ0n) is 10.1. The third-order valence-corrected chi connectivity index (χ3v) is 5.64. The number of hydrazine groups is 1. The Bertz CT molecular complexity index is 753. The van der Waals surface area contributed by atoms with Gasteiger partial charge < -0.3 is 0 Å². The van der Waals surface area contributed by atoms with Crippen LogP contribution in [0.3, 0.4) is 0 Å².